The summed E-state index contributed by atoms with van der Waals surface area (Å²) in [5.74, 6) is 1.12. The van der Waals surface area contributed by atoms with E-state index in [-0.39, 0.29) is 11.8 Å². The lowest BCUT2D eigenvalue weighted by molar-refractivity contribution is -0.134. The Kier molecular flexibility index (Phi) is 9.83. The second-order valence-corrected chi connectivity index (χ2v) is 10.2. The van der Waals surface area contributed by atoms with Crippen LogP contribution in [0.3, 0.4) is 0 Å². The zero-order valence-electron chi connectivity index (χ0n) is 23.7. The number of rotatable bonds is 10. The van der Waals surface area contributed by atoms with Crippen molar-refractivity contribution in [3.8, 4) is 5.75 Å². The van der Waals surface area contributed by atoms with Gasteiger partial charge < -0.3 is 14.4 Å². The largest absolute Gasteiger partial charge is 0.487 e. The average Bonchev–Trinajstić information content (AvgIpc) is 2.98. The summed E-state index contributed by atoms with van der Waals surface area (Å²) >= 11 is 0. The van der Waals surface area contributed by atoms with Crippen LogP contribution in [0, 0.1) is 12.8 Å². The van der Waals surface area contributed by atoms with Crippen LogP contribution >= 0.6 is 0 Å². The van der Waals surface area contributed by atoms with Crippen molar-refractivity contribution in [2.45, 2.75) is 52.2 Å². The van der Waals surface area contributed by atoms with Crippen molar-refractivity contribution in [2.24, 2.45) is 5.92 Å². The molecule has 0 N–H and O–H groups in total. The maximum absolute atomic E-state index is 13.8. The Morgan fingerprint density at radius 3 is 2.42 bits per heavy atom. The quantitative estimate of drug-likeness (QED) is 0.257. The number of esters is 1. The zero-order chi connectivity index (χ0) is 28.5. The van der Waals surface area contributed by atoms with Gasteiger partial charge in [0, 0.05) is 49.7 Å². The van der Waals surface area contributed by atoms with E-state index in [1.807, 2.05) is 62.3 Å². The summed E-state index contributed by atoms with van der Waals surface area (Å²) in [6.07, 6.45) is 9.55. The third-order valence-corrected chi connectivity index (χ3v) is 6.89. The first-order chi connectivity index (χ1) is 19.3. The molecule has 40 heavy (non-hydrogen) atoms. The summed E-state index contributed by atoms with van der Waals surface area (Å²) in [7, 11) is 5.31. The molecule has 2 aromatic heterocycles. The molecule has 0 unspecified atom stereocenters. The summed E-state index contributed by atoms with van der Waals surface area (Å²) in [4.78, 5) is 42.7. The Bertz CT molecular complexity index is 1320. The van der Waals surface area contributed by atoms with Gasteiger partial charge in [-0.25, -0.2) is 14.8 Å². The molecule has 0 bridgehead atoms. The number of aryl methyl sites for hydroxylation is 1. The Balaban J connectivity index is 1.51. The maximum Gasteiger partial charge on any atom is 0.330 e. The fourth-order valence-electron chi connectivity index (χ4n) is 4.65. The van der Waals surface area contributed by atoms with Crippen LogP contribution in [0.4, 0.5) is 11.5 Å². The maximum atomic E-state index is 13.8. The highest BCUT2D eigenvalue weighted by atomic mass is 16.5. The van der Waals surface area contributed by atoms with E-state index in [1.165, 1.54) is 19.3 Å². The summed E-state index contributed by atoms with van der Waals surface area (Å²) in [5, 5.41) is 0. The molecule has 0 aliphatic heterocycles. The molecule has 0 saturated heterocycles. The smallest absolute Gasteiger partial charge is 0.330 e. The van der Waals surface area contributed by atoms with Gasteiger partial charge in [0.1, 0.15) is 18.2 Å². The van der Waals surface area contributed by atoms with Crippen LogP contribution in [-0.4, -0.2) is 48.0 Å². The second-order valence-electron chi connectivity index (χ2n) is 10.2. The van der Waals surface area contributed by atoms with Crippen LogP contribution < -0.4 is 14.5 Å². The van der Waals surface area contributed by atoms with Crippen molar-refractivity contribution in [3.05, 3.63) is 77.5 Å². The Morgan fingerprint density at radius 1 is 1.02 bits per heavy atom. The summed E-state index contributed by atoms with van der Waals surface area (Å²) in [6, 6.07) is 13.6. The highest BCUT2D eigenvalue weighted by Crippen LogP contribution is 2.28. The SMILES string of the molecule is COC(=O)/C=C/c1nc(C)cc(N(Cc2ccc(COc3ccc(N(C)C)cc3)nc2)C(=O)C2CCCCC2)n1. The third kappa shape index (κ3) is 7.88. The average molecular weight is 544 g/mol. The van der Waals surface area contributed by atoms with Gasteiger partial charge >= 0.3 is 5.97 Å². The molecular weight excluding hydrogens is 506 g/mol. The van der Waals surface area contributed by atoms with Crippen molar-refractivity contribution in [3.63, 3.8) is 0 Å². The molecule has 1 fully saturated rings. The normalized spacial score (nSPS) is 13.7. The topological polar surface area (TPSA) is 97.7 Å². The number of methoxy groups -OCH3 is 1. The fraction of sp³-hybridized carbons (Fsp3) is 0.387. The van der Waals surface area contributed by atoms with Gasteiger partial charge in [0.05, 0.1) is 19.3 Å². The molecule has 9 nitrogen and oxygen atoms in total. The number of anilines is 2. The van der Waals surface area contributed by atoms with Crippen molar-refractivity contribution in [2.75, 3.05) is 31.0 Å². The molecule has 1 aliphatic rings. The highest BCUT2D eigenvalue weighted by Gasteiger charge is 2.28. The molecule has 4 rings (SSSR count). The minimum Gasteiger partial charge on any atom is -0.487 e. The molecule has 1 amide bonds. The van der Waals surface area contributed by atoms with Gasteiger partial charge in [-0.1, -0.05) is 25.3 Å². The Morgan fingerprint density at radius 2 is 1.77 bits per heavy atom. The van der Waals surface area contributed by atoms with Crippen molar-refractivity contribution in [1.29, 1.82) is 0 Å². The third-order valence-electron chi connectivity index (χ3n) is 6.89. The predicted octanol–water partition coefficient (Wildman–Crippen LogP) is 5.12. The molecule has 0 spiro atoms. The number of aromatic nitrogens is 3. The van der Waals surface area contributed by atoms with Crippen molar-refractivity contribution >= 4 is 29.5 Å². The number of nitrogens with zero attached hydrogens (tertiary/aromatic N) is 5. The van der Waals surface area contributed by atoms with E-state index in [9.17, 15) is 9.59 Å². The first-order valence-electron chi connectivity index (χ1n) is 13.6. The molecule has 2 heterocycles. The number of pyridine rings is 1. The molecule has 1 aromatic carbocycles. The van der Waals surface area contributed by atoms with Crippen LogP contribution in [0.2, 0.25) is 0 Å². The fourth-order valence-corrected chi connectivity index (χ4v) is 4.65. The molecular formula is C31H37N5O4. The standard InChI is InChI=1S/C31H37N5O4/c1-22-18-29(34-28(33-22)16-17-30(37)39-4)36(31(38)24-8-6-5-7-9-24)20-23-10-11-25(32-19-23)21-40-27-14-12-26(13-15-27)35(2)3/h10-19,24H,5-9,20-21H2,1-4H3/b17-16+. The van der Waals surface area contributed by atoms with Crippen LogP contribution in [-0.2, 0) is 27.5 Å². The minimum absolute atomic E-state index is 0.0439. The Hall–Kier alpha value is -4.27. The number of amides is 1. The Labute approximate surface area is 235 Å². The van der Waals surface area contributed by atoms with E-state index in [0.29, 0.717) is 30.5 Å². The van der Waals surface area contributed by atoms with Gasteiger partial charge in [0.25, 0.3) is 0 Å². The van der Waals surface area contributed by atoms with Gasteiger partial charge in [-0.3, -0.25) is 14.7 Å². The van der Waals surface area contributed by atoms with Gasteiger partial charge in [-0.2, -0.15) is 0 Å². The number of ether oxygens (including phenoxy) is 2. The van der Waals surface area contributed by atoms with E-state index in [2.05, 4.69) is 19.7 Å². The van der Waals surface area contributed by atoms with Gasteiger partial charge in [0.2, 0.25) is 5.91 Å². The number of benzene rings is 1. The zero-order valence-corrected chi connectivity index (χ0v) is 23.7. The first-order valence-corrected chi connectivity index (χ1v) is 13.6. The number of carbonyl (C=O) groups excluding carboxylic acids is 2. The van der Waals surface area contributed by atoms with E-state index in [1.54, 1.807) is 17.2 Å². The summed E-state index contributed by atoms with van der Waals surface area (Å²) in [6.45, 7) is 2.51. The molecule has 1 saturated carbocycles. The van der Waals surface area contributed by atoms with Crippen LogP contribution in [0.5, 0.6) is 5.75 Å². The molecule has 9 heteroatoms. The van der Waals surface area contributed by atoms with E-state index in [0.717, 1.165) is 54.8 Å². The first kappa shape index (κ1) is 28.7. The molecule has 1 aliphatic carbocycles. The van der Waals surface area contributed by atoms with E-state index >= 15 is 0 Å². The lowest BCUT2D eigenvalue weighted by Crippen LogP contribution is -2.37. The number of hydrogen-bond acceptors (Lipinski definition) is 8. The van der Waals surface area contributed by atoms with Crippen molar-refractivity contribution in [1.82, 2.24) is 15.0 Å². The number of hydrogen-bond donors (Lipinski definition) is 0. The molecule has 3 aromatic rings. The van der Waals surface area contributed by atoms with Crippen LogP contribution in [0.25, 0.3) is 6.08 Å². The monoisotopic (exact) mass is 543 g/mol. The van der Waals surface area contributed by atoms with E-state index in [4.69, 9.17) is 4.74 Å². The number of carbonyl (C=O) groups is 2. The summed E-state index contributed by atoms with van der Waals surface area (Å²) in [5.41, 5.74) is 3.47. The lowest BCUT2D eigenvalue weighted by atomic mass is 9.88. The highest BCUT2D eigenvalue weighted by molar-refractivity contribution is 5.94. The molecule has 0 atom stereocenters. The second kappa shape index (κ2) is 13.7. The van der Waals surface area contributed by atoms with E-state index < -0.39 is 5.97 Å². The predicted molar refractivity (Wildman–Crippen MR) is 155 cm³/mol. The van der Waals surface area contributed by atoms with Crippen molar-refractivity contribution < 1.29 is 19.1 Å². The molecule has 210 valence electrons. The lowest BCUT2D eigenvalue weighted by Gasteiger charge is -2.29. The molecule has 0 radical (unpaired) electrons. The van der Waals surface area contributed by atoms with Gasteiger partial charge in [-0.15, -0.1) is 0 Å². The summed E-state index contributed by atoms with van der Waals surface area (Å²) < 4.78 is 10.6. The van der Waals surface area contributed by atoms with Gasteiger partial charge in [-0.05, 0) is 61.7 Å². The van der Waals surface area contributed by atoms with Crippen LogP contribution in [0.15, 0.2) is 54.7 Å². The van der Waals surface area contributed by atoms with Gasteiger partial charge in [0.15, 0.2) is 5.82 Å². The van der Waals surface area contributed by atoms with Crippen LogP contribution in [0.1, 0.15) is 54.9 Å². The minimum atomic E-state index is -0.498.